The second-order valence-electron chi connectivity index (χ2n) is 6.92. The lowest BCUT2D eigenvalue weighted by atomic mass is 10.2. The summed E-state index contributed by atoms with van der Waals surface area (Å²) in [5, 5.41) is 12.8. The number of fused-ring (bicyclic) bond motifs is 1. The van der Waals surface area contributed by atoms with Crippen LogP contribution in [0.5, 0.6) is 0 Å². The molecule has 3 aromatic heterocycles. The predicted molar refractivity (Wildman–Crippen MR) is 99.2 cm³/mol. The fraction of sp³-hybridized carbons (Fsp3) is 0.389. The van der Waals surface area contributed by atoms with Gasteiger partial charge in [0.25, 0.3) is 11.8 Å². The van der Waals surface area contributed by atoms with E-state index in [2.05, 4.69) is 25.8 Å². The molecule has 2 amide bonds. The number of aromatic nitrogens is 5. The molecule has 30 heavy (non-hydrogen) atoms. The Hall–Kier alpha value is -3.44. The van der Waals surface area contributed by atoms with Gasteiger partial charge in [0.1, 0.15) is 5.69 Å². The van der Waals surface area contributed by atoms with Crippen LogP contribution in [0.1, 0.15) is 58.0 Å². The van der Waals surface area contributed by atoms with Gasteiger partial charge < -0.3 is 10.6 Å². The Morgan fingerprint density at radius 1 is 1.20 bits per heavy atom. The van der Waals surface area contributed by atoms with Crippen molar-refractivity contribution in [2.24, 2.45) is 0 Å². The smallest absolute Gasteiger partial charge is 0.354 e. The number of nitrogens with zero attached hydrogens (tertiary/aromatic N) is 5. The molecule has 0 atom stereocenters. The standard InChI is InChI=1S/C18H18F3N7O2/c1-3-27-8-12(15(26-27)17(30)22-2)24-16(29)11-7-14-23-10(9-4-5-9)6-13(18(19,20)21)28(14)25-11/h6-9H,3-5H2,1-2H3,(H,22,30)(H,24,29). The molecule has 3 aromatic rings. The van der Waals surface area contributed by atoms with E-state index < -0.39 is 23.7 Å². The molecule has 2 N–H and O–H groups in total. The van der Waals surface area contributed by atoms with E-state index >= 15 is 0 Å². The van der Waals surface area contributed by atoms with Crippen LogP contribution in [0, 0.1) is 0 Å². The summed E-state index contributed by atoms with van der Waals surface area (Å²) in [6.45, 7) is 2.26. The fourth-order valence-corrected chi connectivity index (χ4v) is 3.04. The van der Waals surface area contributed by atoms with Crippen molar-refractivity contribution in [1.82, 2.24) is 29.7 Å². The largest absolute Gasteiger partial charge is 0.433 e. The zero-order chi connectivity index (χ0) is 21.6. The summed E-state index contributed by atoms with van der Waals surface area (Å²) < 4.78 is 42.6. The van der Waals surface area contributed by atoms with Crippen molar-refractivity contribution in [3.63, 3.8) is 0 Å². The highest BCUT2D eigenvalue weighted by molar-refractivity contribution is 6.07. The fourth-order valence-electron chi connectivity index (χ4n) is 3.04. The summed E-state index contributed by atoms with van der Waals surface area (Å²) >= 11 is 0. The summed E-state index contributed by atoms with van der Waals surface area (Å²) in [6.07, 6.45) is -1.63. The molecule has 1 aliphatic carbocycles. The topological polar surface area (TPSA) is 106 Å². The quantitative estimate of drug-likeness (QED) is 0.658. The van der Waals surface area contributed by atoms with Crippen LogP contribution in [0.3, 0.4) is 0 Å². The number of rotatable bonds is 5. The first-order valence-electron chi connectivity index (χ1n) is 9.30. The van der Waals surface area contributed by atoms with Crippen molar-refractivity contribution in [3.8, 4) is 0 Å². The van der Waals surface area contributed by atoms with Crippen LogP contribution in [0.4, 0.5) is 18.9 Å². The maximum absolute atomic E-state index is 13.5. The molecular formula is C18H18F3N7O2. The van der Waals surface area contributed by atoms with Gasteiger partial charge in [0, 0.05) is 37.5 Å². The number of aryl methyl sites for hydroxylation is 1. The lowest BCUT2D eigenvalue weighted by Gasteiger charge is -2.10. The van der Waals surface area contributed by atoms with Gasteiger partial charge in [0.05, 0.1) is 5.69 Å². The second-order valence-corrected chi connectivity index (χ2v) is 6.92. The van der Waals surface area contributed by atoms with Crippen LogP contribution in [-0.2, 0) is 12.7 Å². The molecule has 1 saturated carbocycles. The lowest BCUT2D eigenvalue weighted by Crippen LogP contribution is -2.22. The van der Waals surface area contributed by atoms with Gasteiger partial charge in [-0.3, -0.25) is 14.3 Å². The van der Waals surface area contributed by atoms with E-state index in [1.807, 2.05) is 0 Å². The number of alkyl halides is 3. The number of hydrogen-bond donors (Lipinski definition) is 2. The molecule has 1 aliphatic rings. The number of nitrogens with one attached hydrogen (secondary N) is 2. The van der Waals surface area contributed by atoms with Gasteiger partial charge in [-0.1, -0.05) is 0 Å². The van der Waals surface area contributed by atoms with Crippen molar-refractivity contribution in [1.29, 1.82) is 0 Å². The third-order valence-corrected chi connectivity index (χ3v) is 4.74. The number of carbonyl (C=O) groups is 2. The molecular weight excluding hydrogens is 403 g/mol. The Morgan fingerprint density at radius 2 is 1.93 bits per heavy atom. The van der Waals surface area contributed by atoms with Crippen LogP contribution < -0.4 is 10.6 Å². The van der Waals surface area contributed by atoms with E-state index in [-0.39, 0.29) is 28.6 Å². The highest BCUT2D eigenvalue weighted by Crippen LogP contribution is 2.41. The first-order chi connectivity index (χ1) is 14.2. The monoisotopic (exact) mass is 421 g/mol. The van der Waals surface area contributed by atoms with E-state index in [9.17, 15) is 22.8 Å². The molecule has 1 fully saturated rings. The average Bonchev–Trinajstić information content (AvgIpc) is 3.33. The Balaban J connectivity index is 1.71. The molecule has 3 heterocycles. The van der Waals surface area contributed by atoms with Gasteiger partial charge in [0.2, 0.25) is 0 Å². The van der Waals surface area contributed by atoms with Crippen LogP contribution in [-0.4, -0.2) is 43.2 Å². The molecule has 0 aliphatic heterocycles. The minimum absolute atomic E-state index is 0.00160. The molecule has 0 radical (unpaired) electrons. The van der Waals surface area contributed by atoms with Crippen molar-refractivity contribution in [2.45, 2.75) is 38.4 Å². The first kappa shape index (κ1) is 19.9. The average molecular weight is 421 g/mol. The van der Waals surface area contributed by atoms with Crippen LogP contribution in [0.25, 0.3) is 5.65 Å². The predicted octanol–water partition coefficient (Wildman–Crippen LogP) is 2.45. The Labute approximate surface area is 168 Å². The molecule has 4 rings (SSSR count). The number of carbonyl (C=O) groups excluding carboxylic acids is 2. The Morgan fingerprint density at radius 3 is 2.53 bits per heavy atom. The number of amides is 2. The van der Waals surface area contributed by atoms with E-state index in [0.29, 0.717) is 16.8 Å². The van der Waals surface area contributed by atoms with E-state index in [4.69, 9.17) is 0 Å². The van der Waals surface area contributed by atoms with Gasteiger partial charge in [0.15, 0.2) is 17.0 Å². The van der Waals surface area contributed by atoms with Crippen molar-refractivity contribution >= 4 is 23.1 Å². The molecule has 158 valence electrons. The van der Waals surface area contributed by atoms with Crippen LogP contribution >= 0.6 is 0 Å². The van der Waals surface area contributed by atoms with Crippen molar-refractivity contribution in [3.05, 3.63) is 41.1 Å². The van der Waals surface area contributed by atoms with Crippen LogP contribution in [0.2, 0.25) is 0 Å². The Kier molecular flexibility index (Phi) is 4.71. The Bertz CT molecular complexity index is 1140. The zero-order valence-electron chi connectivity index (χ0n) is 16.1. The van der Waals surface area contributed by atoms with Crippen LogP contribution in [0.15, 0.2) is 18.3 Å². The first-order valence-corrected chi connectivity index (χ1v) is 9.30. The normalized spacial score (nSPS) is 14.2. The van der Waals surface area contributed by atoms with Gasteiger partial charge in [-0.25, -0.2) is 9.50 Å². The number of halogens is 3. The maximum atomic E-state index is 13.5. The summed E-state index contributed by atoms with van der Waals surface area (Å²) in [5.41, 5.74) is -0.852. The molecule has 0 spiro atoms. The van der Waals surface area contributed by atoms with Gasteiger partial charge in [-0.15, -0.1) is 0 Å². The highest BCUT2D eigenvalue weighted by Gasteiger charge is 2.37. The third-order valence-electron chi connectivity index (χ3n) is 4.74. The third kappa shape index (κ3) is 3.60. The molecule has 0 saturated heterocycles. The van der Waals surface area contributed by atoms with Crippen molar-refractivity contribution in [2.75, 3.05) is 12.4 Å². The molecule has 9 nitrogen and oxygen atoms in total. The second kappa shape index (κ2) is 7.11. The van der Waals surface area contributed by atoms with E-state index in [1.165, 1.54) is 24.0 Å². The summed E-state index contributed by atoms with van der Waals surface area (Å²) in [5.74, 6) is -1.29. The zero-order valence-corrected chi connectivity index (χ0v) is 16.1. The summed E-state index contributed by atoms with van der Waals surface area (Å²) in [7, 11) is 1.42. The molecule has 0 bridgehead atoms. The maximum Gasteiger partial charge on any atom is 0.433 e. The lowest BCUT2D eigenvalue weighted by molar-refractivity contribution is -0.142. The minimum atomic E-state index is -4.65. The molecule has 0 unspecified atom stereocenters. The SMILES string of the molecule is CCn1cc(NC(=O)c2cc3nc(C4CC4)cc(C(F)(F)F)n3n2)c(C(=O)NC)n1. The van der Waals surface area contributed by atoms with Gasteiger partial charge in [-0.2, -0.15) is 23.4 Å². The number of hydrogen-bond acceptors (Lipinski definition) is 5. The van der Waals surface area contributed by atoms with Gasteiger partial charge >= 0.3 is 6.18 Å². The van der Waals surface area contributed by atoms with Crippen molar-refractivity contribution < 1.29 is 22.8 Å². The molecule has 12 heteroatoms. The van der Waals surface area contributed by atoms with E-state index in [0.717, 1.165) is 18.9 Å². The minimum Gasteiger partial charge on any atom is -0.354 e. The van der Waals surface area contributed by atoms with Gasteiger partial charge in [-0.05, 0) is 25.8 Å². The molecule has 0 aromatic carbocycles. The summed E-state index contributed by atoms with van der Waals surface area (Å²) in [4.78, 5) is 28.9. The number of anilines is 1. The summed E-state index contributed by atoms with van der Waals surface area (Å²) in [6, 6.07) is 2.18. The highest BCUT2D eigenvalue weighted by atomic mass is 19.4. The van der Waals surface area contributed by atoms with E-state index in [1.54, 1.807) is 6.92 Å².